The fraction of sp³-hybridized carbons (Fsp3) is 0.474. The molecule has 3 aliphatic rings. The van der Waals surface area contributed by atoms with Crippen molar-refractivity contribution in [3.05, 3.63) is 70.7 Å². The molecule has 3 atom stereocenters. The Morgan fingerprint density at radius 1 is 0.962 bits per heavy atom. The quantitative estimate of drug-likeness (QED) is 0.308. The highest BCUT2D eigenvalue weighted by Gasteiger charge is 2.67. The van der Waals surface area contributed by atoms with Crippen LogP contribution in [0.3, 0.4) is 0 Å². The second kappa shape index (κ2) is 13.6. The standard InChI is InChI=1S/C38H41F3N8O4/c1-21-10-11-30(38(39,40)41)45-27(21)14-29(50)28-15-37-16-31(37)49(28)33(52)19-48-35-23(8-6-4-5-7-9-32(51)47(3)20-37)12-24(25-17-43-22(2)44-18-25)13-26(35)34(46-48)36(42)53/h10-13,17-18,28,31H,4-9,14-16,19-20H2,1-3H3,(H2,42,53)/t28-,31+,37-/m0/s1. The van der Waals surface area contributed by atoms with Crippen LogP contribution in [0.5, 0.6) is 0 Å². The zero-order valence-electron chi connectivity index (χ0n) is 29.9. The van der Waals surface area contributed by atoms with Gasteiger partial charge < -0.3 is 15.5 Å². The third-order valence-electron chi connectivity index (χ3n) is 11.0. The van der Waals surface area contributed by atoms with Gasteiger partial charge in [0.2, 0.25) is 11.8 Å². The number of carbonyl (C=O) groups is 4. The van der Waals surface area contributed by atoms with Crippen LogP contribution in [0.2, 0.25) is 0 Å². The number of primary amides is 1. The molecule has 1 saturated carbocycles. The highest BCUT2D eigenvalue weighted by Crippen LogP contribution is 2.60. The van der Waals surface area contributed by atoms with E-state index >= 15 is 0 Å². The van der Waals surface area contributed by atoms with Gasteiger partial charge in [-0.15, -0.1) is 0 Å². The topological polar surface area (TPSA) is 157 Å². The first-order valence-corrected chi connectivity index (χ1v) is 17.9. The van der Waals surface area contributed by atoms with Gasteiger partial charge in [0.25, 0.3) is 5.91 Å². The predicted octanol–water partition coefficient (Wildman–Crippen LogP) is 4.76. The van der Waals surface area contributed by atoms with E-state index in [9.17, 15) is 32.3 Å². The maximum absolute atomic E-state index is 14.5. The van der Waals surface area contributed by atoms with Gasteiger partial charge in [0, 0.05) is 54.8 Å². The minimum atomic E-state index is -4.69. The van der Waals surface area contributed by atoms with Crippen molar-refractivity contribution in [2.75, 3.05) is 13.6 Å². The van der Waals surface area contributed by atoms with Crippen molar-refractivity contribution in [2.45, 2.75) is 96.4 Å². The summed E-state index contributed by atoms with van der Waals surface area (Å²) in [4.78, 5) is 70.3. The molecular weight excluding hydrogens is 689 g/mol. The van der Waals surface area contributed by atoms with Crippen molar-refractivity contribution >= 4 is 34.4 Å². The lowest BCUT2D eigenvalue weighted by Crippen LogP contribution is -2.45. The van der Waals surface area contributed by atoms with Gasteiger partial charge in [-0.1, -0.05) is 18.9 Å². The molecule has 1 aromatic carbocycles. The maximum Gasteiger partial charge on any atom is 0.433 e. The monoisotopic (exact) mass is 730 g/mol. The van der Waals surface area contributed by atoms with E-state index in [0.717, 1.165) is 42.0 Å². The van der Waals surface area contributed by atoms with Crippen LogP contribution >= 0.6 is 0 Å². The van der Waals surface area contributed by atoms with Crippen LogP contribution in [0.1, 0.15) is 83.8 Å². The van der Waals surface area contributed by atoms with Crippen LogP contribution in [-0.2, 0) is 39.9 Å². The summed E-state index contributed by atoms with van der Waals surface area (Å²) in [5.74, 6) is -1.04. The van der Waals surface area contributed by atoms with E-state index in [1.807, 2.05) is 6.07 Å². The third-order valence-corrected chi connectivity index (χ3v) is 11.0. The number of Topliss-reactive ketones (excluding diaryl/α,β-unsaturated/α-hetero) is 1. The molecule has 2 fully saturated rings. The molecule has 2 N–H and O–H groups in total. The first-order valence-electron chi connectivity index (χ1n) is 17.9. The summed E-state index contributed by atoms with van der Waals surface area (Å²) in [7, 11) is 1.73. The van der Waals surface area contributed by atoms with E-state index in [-0.39, 0.29) is 36.3 Å². The number of piperidine rings is 1. The van der Waals surface area contributed by atoms with Gasteiger partial charge in [0.15, 0.2) is 11.5 Å². The zero-order valence-corrected chi connectivity index (χ0v) is 29.9. The number of benzene rings is 1. The molecule has 1 aliphatic carbocycles. The molecule has 0 unspecified atom stereocenters. The summed E-state index contributed by atoms with van der Waals surface area (Å²) in [5, 5.41) is 5.05. The van der Waals surface area contributed by atoms with E-state index in [2.05, 4.69) is 20.1 Å². The normalized spacial score (nSPS) is 22.5. The fourth-order valence-electron chi connectivity index (χ4n) is 8.19. The Bertz CT molecular complexity index is 2130. The van der Waals surface area contributed by atoms with Crippen LogP contribution in [0.4, 0.5) is 13.2 Å². The number of alkyl halides is 3. The van der Waals surface area contributed by atoms with Crippen molar-refractivity contribution < 1.29 is 32.3 Å². The first-order chi connectivity index (χ1) is 25.1. The number of nitrogens with two attached hydrogens (primary N) is 1. The summed E-state index contributed by atoms with van der Waals surface area (Å²) in [6, 6.07) is 4.63. The van der Waals surface area contributed by atoms with Gasteiger partial charge in [-0.3, -0.25) is 23.9 Å². The van der Waals surface area contributed by atoms with Crippen LogP contribution in [0.15, 0.2) is 36.7 Å². The minimum Gasteiger partial charge on any atom is -0.364 e. The van der Waals surface area contributed by atoms with E-state index in [1.165, 1.54) is 15.6 Å². The Labute approximate surface area is 304 Å². The summed E-state index contributed by atoms with van der Waals surface area (Å²) in [6.45, 7) is 3.41. The Hall–Kier alpha value is -5.21. The lowest BCUT2D eigenvalue weighted by molar-refractivity contribution is -0.141. The molecule has 4 aromatic rings. The SMILES string of the molecule is Cc1ncc(-c2cc3c4c(c2)c(C(N)=O)nn4CC(=O)N2[C@H](C(=O)Cc4nc(C(F)(F)F)ccc4C)C[C@]4(C[C@@H]24)CN(C)C(=O)CCCCCC3)cn1. The van der Waals surface area contributed by atoms with E-state index < -0.39 is 47.3 Å². The smallest absolute Gasteiger partial charge is 0.364 e. The lowest BCUT2D eigenvalue weighted by Gasteiger charge is -2.27. The maximum atomic E-state index is 14.5. The highest BCUT2D eigenvalue weighted by atomic mass is 19.4. The van der Waals surface area contributed by atoms with Crippen molar-refractivity contribution in [1.29, 1.82) is 0 Å². The summed E-state index contributed by atoms with van der Waals surface area (Å²) in [5.41, 5.74) is 7.55. The van der Waals surface area contributed by atoms with Gasteiger partial charge in [0.1, 0.15) is 18.1 Å². The first kappa shape index (κ1) is 36.2. The summed E-state index contributed by atoms with van der Waals surface area (Å²) < 4.78 is 42.1. The number of hydrogen-bond donors (Lipinski definition) is 1. The summed E-state index contributed by atoms with van der Waals surface area (Å²) >= 11 is 0. The predicted molar refractivity (Wildman–Crippen MR) is 187 cm³/mol. The second-order valence-corrected chi connectivity index (χ2v) is 14.8. The van der Waals surface area contributed by atoms with Crippen molar-refractivity contribution in [2.24, 2.45) is 11.1 Å². The van der Waals surface area contributed by atoms with Crippen LogP contribution in [0.25, 0.3) is 22.0 Å². The summed E-state index contributed by atoms with van der Waals surface area (Å²) in [6.07, 6.45) is 3.26. The minimum absolute atomic E-state index is 0.000570. The molecule has 2 bridgehead atoms. The number of aryl methyl sites for hydroxylation is 3. The molecule has 0 radical (unpaired) electrons. The molecule has 53 heavy (non-hydrogen) atoms. The number of nitrogens with zero attached hydrogens (tertiary/aromatic N) is 7. The van der Waals surface area contributed by atoms with Crippen molar-refractivity contribution in [3.8, 4) is 11.1 Å². The molecule has 3 amide bonds. The molecule has 0 spiro atoms. The van der Waals surface area contributed by atoms with Gasteiger partial charge in [-0.2, -0.15) is 18.3 Å². The molecule has 12 nitrogen and oxygen atoms in total. The molecule has 278 valence electrons. The van der Waals surface area contributed by atoms with Crippen LogP contribution in [0, 0.1) is 19.3 Å². The Balaban J connectivity index is 1.29. The van der Waals surface area contributed by atoms with E-state index in [4.69, 9.17) is 5.73 Å². The lowest BCUT2D eigenvalue weighted by atomic mass is 9.94. The molecule has 7 rings (SSSR count). The average Bonchev–Trinajstić information content (AvgIpc) is 3.49. The van der Waals surface area contributed by atoms with Gasteiger partial charge in [0.05, 0.1) is 23.7 Å². The molecule has 3 aromatic heterocycles. The van der Waals surface area contributed by atoms with Crippen molar-refractivity contribution in [1.82, 2.24) is 34.5 Å². The van der Waals surface area contributed by atoms with Gasteiger partial charge in [-0.25, -0.2) is 15.0 Å². The number of aromatic nitrogens is 5. The van der Waals surface area contributed by atoms with Crippen molar-refractivity contribution in [3.63, 3.8) is 0 Å². The molecule has 15 heteroatoms. The number of ketones is 1. The fourth-order valence-corrected chi connectivity index (χ4v) is 8.19. The molecule has 2 aliphatic heterocycles. The highest BCUT2D eigenvalue weighted by molar-refractivity contribution is 6.06. The number of carbonyl (C=O) groups excluding carboxylic acids is 4. The van der Waals surface area contributed by atoms with Crippen LogP contribution < -0.4 is 5.73 Å². The van der Waals surface area contributed by atoms with Gasteiger partial charge in [-0.05, 0) is 80.8 Å². The van der Waals surface area contributed by atoms with E-state index in [0.29, 0.717) is 54.5 Å². The number of halogens is 3. The number of pyridine rings is 1. The zero-order chi connectivity index (χ0) is 37.8. The largest absolute Gasteiger partial charge is 0.433 e. The molecule has 1 saturated heterocycles. The number of rotatable bonds is 5. The van der Waals surface area contributed by atoms with E-state index in [1.54, 1.807) is 44.3 Å². The Morgan fingerprint density at radius 2 is 1.68 bits per heavy atom. The van der Waals surface area contributed by atoms with Gasteiger partial charge >= 0.3 is 6.18 Å². The Kier molecular flexibility index (Phi) is 9.31. The third kappa shape index (κ3) is 7.00. The number of hydrogen-bond acceptors (Lipinski definition) is 8. The average molecular weight is 731 g/mol. The number of amides is 3. The molecule has 5 heterocycles. The molecular formula is C38H41F3N8O4. The van der Waals surface area contributed by atoms with Crippen LogP contribution in [-0.4, -0.2) is 83.7 Å². The Morgan fingerprint density at radius 3 is 2.38 bits per heavy atom. The second-order valence-electron chi connectivity index (χ2n) is 14.8.